The standard InChI is InChI=1S/C16H28N2O2/c1-11-8-12(11)10-18(2)14-6-7-16(9-14,15(19)20-3)17-13-4-5-13/h11-14,17H,4-10H2,1-3H3. The van der Waals surface area contributed by atoms with Crippen LogP contribution in [-0.2, 0) is 9.53 Å². The number of nitrogens with zero attached hydrogens (tertiary/aromatic N) is 1. The summed E-state index contributed by atoms with van der Waals surface area (Å²) in [5, 5.41) is 3.58. The van der Waals surface area contributed by atoms with E-state index in [9.17, 15) is 4.79 Å². The zero-order valence-corrected chi connectivity index (χ0v) is 13.0. The van der Waals surface area contributed by atoms with Crippen LogP contribution in [0.15, 0.2) is 0 Å². The molecule has 0 aromatic carbocycles. The van der Waals surface area contributed by atoms with Gasteiger partial charge in [0.2, 0.25) is 0 Å². The number of methoxy groups -OCH3 is 1. The van der Waals surface area contributed by atoms with Gasteiger partial charge in [0.1, 0.15) is 5.54 Å². The topological polar surface area (TPSA) is 41.6 Å². The molecule has 4 atom stereocenters. The zero-order valence-electron chi connectivity index (χ0n) is 13.0. The van der Waals surface area contributed by atoms with Crippen LogP contribution in [0.5, 0.6) is 0 Å². The molecule has 3 fully saturated rings. The highest BCUT2D eigenvalue weighted by Gasteiger charge is 2.50. The summed E-state index contributed by atoms with van der Waals surface area (Å²) in [4.78, 5) is 14.7. The van der Waals surface area contributed by atoms with Crippen LogP contribution in [0.25, 0.3) is 0 Å². The lowest BCUT2D eigenvalue weighted by atomic mass is 9.97. The van der Waals surface area contributed by atoms with Crippen molar-refractivity contribution in [2.45, 2.75) is 63.1 Å². The maximum atomic E-state index is 12.3. The van der Waals surface area contributed by atoms with Gasteiger partial charge < -0.3 is 9.64 Å². The summed E-state index contributed by atoms with van der Waals surface area (Å²) in [6.45, 7) is 3.52. The highest BCUT2D eigenvalue weighted by Crippen LogP contribution is 2.41. The van der Waals surface area contributed by atoms with Crippen LogP contribution in [0, 0.1) is 11.8 Å². The Bertz CT molecular complexity index is 383. The molecule has 1 N–H and O–H groups in total. The third-order valence-corrected chi connectivity index (χ3v) is 5.54. The molecule has 4 nitrogen and oxygen atoms in total. The SMILES string of the molecule is COC(=O)C1(NC2CC2)CCC(N(C)CC2CC2C)C1. The van der Waals surface area contributed by atoms with Gasteiger partial charge in [-0.1, -0.05) is 6.92 Å². The average Bonchev–Trinajstić information content (AvgIpc) is 3.31. The van der Waals surface area contributed by atoms with Crippen LogP contribution in [0.3, 0.4) is 0 Å². The van der Waals surface area contributed by atoms with E-state index in [1.165, 1.54) is 32.9 Å². The van der Waals surface area contributed by atoms with Gasteiger partial charge in [0.05, 0.1) is 7.11 Å². The summed E-state index contributed by atoms with van der Waals surface area (Å²) in [5.41, 5.74) is -0.413. The predicted octanol–water partition coefficient (Wildman–Crippen LogP) is 1.79. The first-order valence-electron chi connectivity index (χ1n) is 8.10. The largest absolute Gasteiger partial charge is 0.468 e. The van der Waals surface area contributed by atoms with Gasteiger partial charge in [-0.05, 0) is 57.4 Å². The number of carbonyl (C=O) groups is 1. The van der Waals surface area contributed by atoms with E-state index in [4.69, 9.17) is 4.74 Å². The molecule has 0 bridgehead atoms. The fraction of sp³-hybridized carbons (Fsp3) is 0.938. The van der Waals surface area contributed by atoms with E-state index in [0.29, 0.717) is 12.1 Å². The van der Waals surface area contributed by atoms with Crippen molar-refractivity contribution in [3.05, 3.63) is 0 Å². The van der Waals surface area contributed by atoms with Crippen LogP contribution in [0.4, 0.5) is 0 Å². The number of esters is 1. The van der Waals surface area contributed by atoms with Crippen LogP contribution in [0.1, 0.15) is 45.4 Å². The maximum Gasteiger partial charge on any atom is 0.326 e. The van der Waals surface area contributed by atoms with Gasteiger partial charge >= 0.3 is 5.97 Å². The van der Waals surface area contributed by atoms with Crippen LogP contribution < -0.4 is 5.32 Å². The van der Waals surface area contributed by atoms with Crippen molar-refractivity contribution >= 4 is 5.97 Å². The number of nitrogens with one attached hydrogen (secondary N) is 1. The van der Waals surface area contributed by atoms with Crippen LogP contribution >= 0.6 is 0 Å². The molecule has 0 saturated heterocycles. The maximum absolute atomic E-state index is 12.3. The Morgan fingerprint density at radius 3 is 2.65 bits per heavy atom. The quantitative estimate of drug-likeness (QED) is 0.753. The van der Waals surface area contributed by atoms with Crippen LogP contribution in [0.2, 0.25) is 0 Å². The Morgan fingerprint density at radius 2 is 2.10 bits per heavy atom. The van der Waals surface area contributed by atoms with E-state index in [-0.39, 0.29) is 5.97 Å². The fourth-order valence-electron chi connectivity index (χ4n) is 3.76. The predicted molar refractivity (Wildman–Crippen MR) is 78.4 cm³/mol. The van der Waals surface area contributed by atoms with Gasteiger partial charge in [0.15, 0.2) is 0 Å². The number of carbonyl (C=O) groups excluding carboxylic acids is 1. The minimum absolute atomic E-state index is 0.0555. The third-order valence-electron chi connectivity index (χ3n) is 5.54. The first kappa shape index (κ1) is 14.3. The summed E-state index contributed by atoms with van der Waals surface area (Å²) in [6, 6.07) is 1.06. The van der Waals surface area contributed by atoms with Crippen molar-refractivity contribution in [3.8, 4) is 0 Å². The second-order valence-corrected chi connectivity index (χ2v) is 7.30. The number of hydrogen-bond acceptors (Lipinski definition) is 4. The Kier molecular flexibility index (Phi) is 3.80. The van der Waals surface area contributed by atoms with Gasteiger partial charge in [-0.15, -0.1) is 0 Å². The van der Waals surface area contributed by atoms with Gasteiger partial charge in [-0.25, -0.2) is 0 Å². The molecule has 0 heterocycles. The van der Waals surface area contributed by atoms with E-state index in [2.05, 4.69) is 24.2 Å². The molecule has 0 aliphatic heterocycles. The van der Waals surface area contributed by atoms with Gasteiger partial charge in [-0.3, -0.25) is 10.1 Å². The molecule has 0 radical (unpaired) electrons. The molecule has 4 heteroatoms. The van der Waals surface area contributed by atoms with Gasteiger partial charge in [0, 0.05) is 18.6 Å². The first-order chi connectivity index (χ1) is 9.54. The molecule has 0 amide bonds. The van der Waals surface area contributed by atoms with Crippen molar-refractivity contribution in [2.24, 2.45) is 11.8 Å². The monoisotopic (exact) mass is 280 g/mol. The summed E-state index contributed by atoms with van der Waals surface area (Å²) in [6.07, 6.45) is 6.73. The lowest BCUT2D eigenvalue weighted by Gasteiger charge is -2.30. The second-order valence-electron chi connectivity index (χ2n) is 7.30. The smallest absolute Gasteiger partial charge is 0.326 e. The Labute approximate surface area is 122 Å². The van der Waals surface area contributed by atoms with Gasteiger partial charge in [-0.2, -0.15) is 0 Å². The lowest BCUT2D eigenvalue weighted by Crippen LogP contribution is -2.52. The van der Waals surface area contributed by atoms with E-state index >= 15 is 0 Å². The van der Waals surface area contributed by atoms with Gasteiger partial charge in [0.25, 0.3) is 0 Å². The molecule has 4 unspecified atom stereocenters. The number of hydrogen-bond donors (Lipinski definition) is 1. The summed E-state index contributed by atoms with van der Waals surface area (Å²) >= 11 is 0. The molecule has 3 aliphatic rings. The van der Waals surface area contributed by atoms with Crippen molar-refractivity contribution in [1.29, 1.82) is 0 Å². The Balaban J connectivity index is 1.60. The molecule has 0 aromatic rings. The van der Waals surface area contributed by atoms with Crippen molar-refractivity contribution in [2.75, 3.05) is 20.7 Å². The number of ether oxygens (including phenoxy) is 1. The molecule has 20 heavy (non-hydrogen) atoms. The first-order valence-corrected chi connectivity index (χ1v) is 8.10. The lowest BCUT2D eigenvalue weighted by molar-refractivity contribution is -0.148. The molecule has 0 aromatic heterocycles. The molecular formula is C16H28N2O2. The summed E-state index contributed by atoms with van der Waals surface area (Å²) in [7, 11) is 3.74. The molecule has 0 spiro atoms. The highest BCUT2D eigenvalue weighted by molar-refractivity contribution is 5.81. The number of rotatable bonds is 6. The molecular weight excluding hydrogens is 252 g/mol. The van der Waals surface area contributed by atoms with E-state index in [1.54, 1.807) is 0 Å². The minimum atomic E-state index is -0.413. The minimum Gasteiger partial charge on any atom is -0.468 e. The fourth-order valence-corrected chi connectivity index (χ4v) is 3.76. The molecule has 3 aliphatic carbocycles. The second kappa shape index (κ2) is 5.30. The molecule has 114 valence electrons. The summed E-state index contributed by atoms with van der Waals surface area (Å²) < 4.78 is 5.08. The highest BCUT2D eigenvalue weighted by atomic mass is 16.5. The zero-order chi connectivity index (χ0) is 14.3. The molecule has 3 saturated carbocycles. The third kappa shape index (κ3) is 2.86. The Hall–Kier alpha value is -0.610. The van der Waals surface area contributed by atoms with Crippen molar-refractivity contribution in [1.82, 2.24) is 10.2 Å². The van der Waals surface area contributed by atoms with Crippen molar-refractivity contribution < 1.29 is 9.53 Å². The van der Waals surface area contributed by atoms with E-state index in [0.717, 1.165) is 31.1 Å². The average molecular weight is 280 g/mol. The van der Waals surface area contributed by atoms with Crippen LogP contribution in [-0.4, -0.2) is 49.2 Å². The normalized spacial score (nSPS) is 40.1. The van der Waals surface area contributed by atoms with Crippen molar-refractivity contribution in [3.63, 3.8) is 0 Å². The van der Waals surface area contributed by atoms with E-state index in [1.807, 2.05) is 0 Å². The van der Waals surface area contributed by atoms with E-state index < -0.39 is 5.54 Å². The molecule has 3 rings (SSSR count). The summed E-state index contributed by atoms with van der Waals surface area (Å²) in [5.74, 6) is 1.72. The Morgan fingerprint density at radius 1 is 1.40 bits per heavy atom.